The third kappa shape index (κ3) is 5.51. The molecule has 0 radical (unpaired) electrons. The Balaban J connectivity index is 2.69. The van der Waals surface area contributed by atoms with Crippen molar-refractivity contribution in [1.82, 2.24) is 5.32 Å². The SMILES string of the molecule is CC(=O)N[C@H](C)C(=O)O[C@H](C)C(=O)Nc1ccc([N+](=O)[O-])cc1Cl. The number of hydrogen-bond acceptors (Lipinski definition) is 6. The number of halogens is 1. The summed E-state index contributed by atoms with van der Waals surface area (Å²) in [7, 11) is 0. The Bertz CT molecular complexity index is 678. The number of nitro benzene ring substituents is 1. The van der Waals surface area contributed by atoms with Crippen molar-refractivity contribution in [3.05, 3.63) is 33.3 Å². The quantitative estimate of drug-likeness (QED) is 0.452. The zero-order valence-electron chi connectivity index (χ0n) is 13.2. The van der Waals surface area contributed by atoms with Crippen LogP contribution in [0.3, 0.4) is 0 Å². The van der Waals surface area contributed by atoms with E-state index in [0.29, 0.717) is 0 Å². The first-order valence-corrected chi connectivity index (χ1v) is 7.22. The van der Waals surface area contributed by atoms with Crippen LogP contribution in [0.2, 0.25) is 5.02 Å². The molecule has 130 valence electrons. The number of non-ortho nitro benzene ring substituents is 1. The molecular formula is C14H16ClN3O6. The van der Waals surface area contributed by atoms with E-state index in [2.05, 4.69) is 10.6 Å². The Morgan fingerprint density at radius 3 is 2.42 bits per heavy atom. The number of amides is 2. The molecule has 2 N–H and O–H groups in total. The minimum absolute atomic E-state index is 0.0253. The third-order valence-electron chi connectivity index (χ3n) is 2.86. The summed E-state index contributed by atoms with van der Waals surface area (Å²) in [4.78, 5) is 44.6. The molecule has 9 nitrogen and oxygen atoms in total. The lowest BCUT2D eigenvalue weighted by molar-refractivity contribution is -0.384. The maximum atomic E-state index is 12.0. The molecule has 0 spiro atoms. The van der Waals surface area contributed by atoms with E-state index in [-0.39, 0.29) is 16.4 Å². The summed E-state index contributed by atoms with van der Waals surface area (Å²) >= 11 is 5.86. The molecule has 0 aliphatic heterocycles. The van der Waals surface area contributed by atoms with E-state index in [1.165, 1.54) is 32.9 Å². The van der Waals surface area contributed by atoms with Gasteiger partial charge in [-0.1, -0.05) is 11.6 Å². The Morgan fingerprint density at radius 2 is 1.92 bits per heavy atom. The van der Waals surface area contributed by atoms with Crippen molar-refractivity contribution >= 4 is 40.8 Å². The number of anilines is 1. The number of carbonyl (C=O) groups excluding carboxylic acids is 3. The number of nitrogens with one attached hydrogen (secondary N) is 2. The summed E-state index contributed by atoms with van der Waals surface area (Å²) in [6, 6.07) is 2.64. The summed E-state index contributed by atoms with van der Waals surface area (Å²) in [5.41, 5.74) is -0.0771. The van der Waals surface area contributed by atoms with Crippen LogP contribution in [0.4, 0.5) is 11.4 Å². The number of hydrogen-bond donors (Lipinski definition) is 2. The van der Waals surface area contributed by atoms with Gasteiger partial charge in [0.05, 0.1) is 15.6 Å². The van der Waals surface area contributed by atoms with Crippen LogP contribution in [-0.2, 0) is 19.1 Å². The van der Waals surface area contributed by atoms with Gasteiger partial charge in [0.1, 0.15) is 6.04 Å². The maximum Gasteiger partial charge on any atom is 0.329 e. The molecule has 0 saturated carbocycles. The predicted molar refractivity (Wildman–Crippen MR) is 85.6 cm³/mol. The van der Waals surface area contributed by atoms with Gasteiger partial charge in [0, 0.05) is 19.1 Å². The van der Waals surface area contributed by atoms with Crippen LogP contribution >= 0.6 is 11.6 Å². The number of benzene rings is 1. The van der Waals surface area contributed by atoms with Crippen molar-refractivity contribution in [2.45, 2.75) is 32.9 Å². The molecule has 0 saturated heterocycles. The van der Waals surface area contributed by atoms with Crippen molar-refractivity contribution < 1.29 is 24.0 Å². The minimum Gasteiger partial charge on any atom is -0.451 e. The van der Waals surface area contributed by atoms with Crippen LogP contribution in [0.25, 0.3) is 0 Å². The van der Waals surface area contributed by atoms with Gasteiger partial charge in [-0.2, -0.15) is 0 Å². The van der Waals surface area contributed by atoms with E-state index in [0.717, 1.165) is 6.07 Å². The average molecular weight is 358 g/mol. The van der Waals surface area contributed by atoms with E-state index in [9.17, 15) is 24.5 Å². The first kappa shape index (κ1) is 19.4. The maximum absolute atomic E-state index is 12.0. The smallest absolute Gasteiger partial charge is 0.329 e. The number of esters is 1. The van der Waals surface area contributed by atoms with Gasteiger partial charge in [0.15, 0.2) is 6.10 Å². The lowest BCUT2D eigenvalue weighted by Gasteiger charge is -2.17. The Labute approximate surface area is 142 Å². The highest BCUT2D eigenvalue weighted by Crippen LogP contribution is 2.26. The highest BCUT2D eigenvalue weighted by Gasteiger charge is 2.23. The lowest BCUT2D eigenvalue weighted by Crippen LogP contribution is -2.41. The van der Waals surface area contributed by atoms with E-state index in [1.807, 2.05) is 0 Å². The molecule has 2 amide bonds. The Hall–Kier alpha value is -2.68. The molecule has 10 heteroatoms. The van der Waals surface area contributed by atoms with Crippen LogP contribution < -0.4 is 10.6 Å². The molecule has 0 bridgehead atoms. The van der Waals surface area contributed by atoms with Gasteiger partial charge >= 0.3 is 5.97 Å². The first-order valence-electron chi connectivity index (χ1n) is 6.84. The lowest BCUT2D eigenvalue weighted by atomic mass is 10.2. The molecule has 0 aromatic heterocycles. The summed E-state index contributed by atoms with van der Waals surface area (Å²) in [6.45, 7) is 4.01. The normalized spacial score (nSPS) is 12.7. The van der Waals surface area contributed by atoms with Crippen molar-refractivity contribution in [2.75, 3.05) is 5.32 Å². The number of rotatable bonds is 6. The number of nitro groups is 1. The highest BCUT2D eigenvalue weighted by atomic mass is 35.5. The van der Waals surface area contributed by atoms with Gasteiger partial charge in [-0.3, -0.25) is 19.7 Å². The van der Waals surface area contributed by atoms with Crippen molar-refractivity contribution in [3.63, 3.8) is 0 Å². The van der Waals surface area contributed by atoms with E-state index < -0.39 is 34.9 Å². The molecular weight excluding hydrogens is 342 g/mol. The van der Waals surface area contributed by atoms with Gasteiger partial charge in [0.25, 0.3) is 11.6 Å². The van der Waals surface area contributed by atoms with E-state index in [1.54, 1.807) is 0 Å². The molecule has 24 heavy (non-hydrogen) atoms. The highest BCUT2D eigenvalue weighted by molar-refractivity contribution is 6.34. The van der Waals surface area contributed by atoms with E-state index in [4.69, 9.17) is 16.3 Å². The number of nitrogens with zero attached hydrogens (tertiary/aromatic N) is 1. The second-order valence-electron chi connectivity index (χ2n) is 4.91. The van der Waals surface area contributed by atoms with Gasteiger partial charge in [-0.05, 0) is 19.9 Å². The fourth-order valence-electron chi connectivity index (χ4n) is 1.65. The predicted octanol–water partition coefficient (Wildman–Crippen LogP) is 1.64. The summed E-state index contributed by atoms with van der Waals surface area (Å²) in [6.07, 6.45) is -1.15. The van der Waals surface area contributed by atoms with Crippen LogP contribution in [-0.4, -0.2) is 34.9 Å². The summed E-state index contributed by atoms with van der Waals surface area (Å²) < 4.78 is 4.93. The number of carbonyl (C=O) groups is 3. The molecule has 1 aromatic rings. The Kier molecular flexibility index (Phi) is 6.66. The topological polar surface area (TPSA) is 128 Å². The first-order chi connectivity index (χ1) is 11.1. The van der Waals surface area contributed by atoms with Crippen molar-refractivity contribution in [2.24, 2.45) is 0 Å². The molecule has 0 fully saturated rings. The van der Waals surface area contributed by atoms with Crippen LogP contribution in [0.1, 0.15) is 20.8 Å². The molecule has 1 rings (SSSR count). The molecule has 0 aliphatic rings. The van der Waals surface area contributed by atoms with Crippen molar-refractivity contribution in [3.8, 4) is 0 Å². The largest absolute Gasteiger partial charge is 0.451 e. The van der Waals surface area contributed by atoms with Crippen LogP contribution in [0.15, 0.2) is 18.2 Å². The zero-order chi connectivity index (χ0) is 18.4. The minimum atomic E-state index is -1.15. The molecule has 0 aliphatic carbocycles. The molecule has 0 unspecified atom stereocenters. The fourth-order valence-corrected chi connectivity index (χ4v) is 1.87. The van der Waals surface area contributed by atoms with Gasteiger partial charge in [0.2, 0.25) is 5.91 Å². The van der Waals surface area contributed by atoms with Crippen molar-refractivity contribution in [1.29, 1.82) is 0 Å². The third-order valence-corrected chi connectivity index (χ3v) is 3.17. The van der Waals surface area contributed by atoms with Gasteiger partial charge in [-0.25, -0.2) is 4.79 Å². The standard InChI is InChI=1S/C14H16ClN3O6/c1-7(16-9(3)19)14(21)24-8(2)13(20)17-12-5-4-10(18(22)23)6-11(12)15/h4-8H,1-3H3,(H,16,19)(H,17,20)/t7-,8-/m1/s1. The van der Waals surface area contributed by atoms with Gasteiger partial charge < -0.3 is 15.4 Å². The second kappa shape index (κ2) is 8.25. The summed E-state index contributed by atoms with van der Waals surface area (Å²) in [5.74, 6) is -1.86. The van der Waals surface area contributed by atoms with E-state index >= 15 is 0 Å². The number of ether oxygens (including phenoxy) is 1. The van der Waals surface area contributed by atoms with Gasteiger partial charge in [-0.15, -0.1) is 0 Å². The fraction of sp³-hybridized carbons (Fsp3) is 0.357. The second-order valence-corrected chi connectivity index (χ2v) is 5.32. The zero-order valence-corrected chi connectivity index (χ0v) is 13.9. The van der Waals surface area contributed by atoms with Crippen LogP contribution in [0, 0.1) is 10.1 Å². The monoisotopic (exact) mass is 357 g/mol. The molecule has 1 aromatic carbocycles. The van der Waals surface area contributed by atoms with Crippen LogP contribution in [0.5, 0.6) is 0 Å². The molecule has 0 heterocycles. The summed E-state index contributed by atoms with van der Waals surface area (Å²) in [5, 5.41) is 15.3. The Morgan fingerprint density at radius 1 is 1.29 bits per heavy atom. The molecule has 2 atom stereocenters. The average Bonchev–Trinajstić information content (AvgIpc) is 2.47.